The first-order valence-electron chi connectivity index (χ1n) is 8.40. The fraction of sp³-hybridized carbons (Fsp3) is 0.941. The fourth-order valence-corrected chi connectivity index (χ4v) is 3.30. The highest BCUT2D eigenvalue weighted by Gasteiger charge is 2.54. The van der Waals surface area contributed by atoms with Crippen molar-refractivity contribution in [2.45, 2.75) is 65.0 Å². The molecule has 0 saturated heterocycles. The third-order valence-corrected chi connectivity index (χ3v) is 4.22. The predicted molar refractivity (Wildman–Crippen MR) is 85.2 cm³/mol. The van der Waals surface area contributed by atoms with Crippen molar-refractivity contribution in [3.05, 3.63) is 0 Å². The van der Waals surface area contributed by atoms with Crippen LogP contribution in [-0.2, 0) is 9.53 Å². The predicted octanol–water partition coefficient (Wildman–Crippen LogP) is 2.43. The van der Waals surface area contributed by atoms with Crippen LogP contribution < -0.4 is 5.32 Å². The number of ether oxygens (including phenoxy) is 1. The van der Waals surface area contributed by atoms with Gasteiger partial charge in [-0.05, 0) is 51.0 Å². The van der Waals surface area contributed by atoms with Crippen molar-refractivity contribution in [2.75, 3.05) is 26.7 Å². The Bertz CT molecular complexity index is 369. The van der Waals surface area contributed by atoms with Gasteiger partial charge in [-0.2, -0.15) is 0 Å². The standard InChI is InChI=1S/C17H32N2O2/c1-6-21-15(20)17(13-7-8-13,18-14-9-10-14)12-19(5)11-16(2,3)4/h13-14,18H,6-12H2,1-5H3. The summed E-state index contributed by atoms with van der Waals surface area (Å²) in [4.78, 5) is 15.0. The number of carbonyl (C=O) groups is 1. The molecule has 0 spiro atoms. The van der Waals surface area contributed by atoms with Gasteiger partial charge in [-0.15, -0.1) is 0 Å². The van der Waals surface area contributed by atoms with Crippen molar-refractivity contribution in [1.82, 2.24) is 10.2 Å². The summed E-state index contributed by atoms with van der Waals surface area (Å²) in [6, 6.07) is 0.512. The lowest BCUT2D eigenvalue weighted by atomic mass is 9.90. The molecular formula is C17H32N2O2. The molecule has 0 aromatic carbocycles. The minimum absolute atomic E-state index is 0.0415. The van der Waals surface area contributed by atoms with E-state index in [2.05, 4.69) is 38.0 Å². The van der Waals surface area contributed by atoms with E-state index in [0.717, 1.165) is 25.9 Å². The van der Waals surface area contributed by atoms with Crippen LogP contribution >= 0.6 is 0 Å². The van der Waals surface area contributed by atoms with E-state index >= 15 is 0 Å². The largest absolute Gasteiger partial charge is 0.465 e. The maximum absolute atomic E-state index is 12.7. The molecule has 0 aliphatic heterocycles. The van der Waals surface area contributed by atoms with Crippen molar-refractivity contribution >= 4 is 5.97 Å². The van der Waals surface area contributed by atoms with Crippen molar-refractivity contribution < 1.29 is 9.53 Å². The highest BCUT2D eigenvalue weighted by Crippen LogP contribution is 2.43. The molecule has 1 atom stereocenters. The van der Waals surface area contributed by atoms with Gasteiger partial charge in [-0.25, -0.2) is 4.79 Å². The number of esters is 1. The maximum Gasteiger partial charge on any atom is 0.327 e. The van der Waals surface area contributed by atoms with Gasteiger partial charge in [0.05, 0.1) is 6.61 Å². The Morgan fingerprint density at radius 3 is 2.24 bits per heavy atom. The molecule has 2 aliphatic carbocycles. The van der Waals surface area contributed by atoms with Crippen molar-refractivity contribution in [2.24, 2.45) is 11.3 Å². The number of hydrogen-bond donors (Lipinski definition) is 1. The zero-order valence-electron chi connectivity index (χ0n) is 14.4. The maximum atomic E-state index is 12.7. The van der Waals surface area contributed by atoms with Gasteiger partial charge in [0.2, 0.25) is 0 Å². The molecule has 2 fully saturated rings. The van der Waals surface area contributed by atoms with E-state index < -0.39 is 5.54 Å². The van der Waals surface area contributed by atoms with Gasteiger partial charge in [0.1, 0.15) is 5.54 Å². The molecule has 1 N–H and O–H groups in total. The van der Waals surface area contributed by atoms with Gasteiger partial charge in [0.15, 0.2) is 0 Å². The zero-order chi connectivity index (χ0) is 15.7. The van der Waals surface area contributed by atoms with E-state index in [4.69, 9.17) is 4.74 Å². The summed E-state index contributed by atoms with van der Waals surface area (Å²) >= 11 is 0. The summed E-state index contributed by atoms with van der Waals surface area (Å²) in [5.74, 6) is 0.403. The number of carbonyl (C=O) groups excluding carboxylic acids is 1. The second-order valence-corrected chi connectivity index (χ2v) is 8.12. The highest BCUT2D eigenvalue weighted by atomic mass is 16.5. The summed E-state index contributed by atoms with van der Waals surface area (Å²) in [6.45, 7) is 10.8. The molecule has 2 rings (SSSR count). The van der Waals surface area contributed by atoms with Crippen LogP contribution in [0.25, 0.3) is 0 Å². The second-order valence-electron chi connectivity index (χ2n) is 8.12. The molecule has 1 unspecified atom stereocenters. The minimum atomic E-state index is -0.489. The monoisotopic (exact) mass is 296 g/mol. The van der Waals surface area contributed by atoms with Crippen LogP contribution in [0.2, 0.25) is 0 Å². The van der Waals surface area contributed by atoms with E-state index in [1.54, 1.807) is 0 Å². The van der Waals surface area contributed by atoms with E-state index in [1.807, 2.05) is 6.92 Å². The van der Waals surface area contributed by atoms with Gasteiger partial charge in [-0.3, -0.25) is 5.32 Å². The first kappa shape index (κ1) is 16.8. The van der Waals surface area contributed by atoms with Crippen LogP contribution in [0.3, 0.4) is 0 Å². The van der Waals surface area contributed by atoms with Gasteiger partial charge in [0.25, 0.3) is 0 Å². The fourth-order valence-electron chi connectivity index (χ4n) is 3.30. The van der Waals surface area contributed by atoms with E-state index in [9.17, 15) is 4.79 Å². The molecule has 0 radical (unpaired) electrons. The summed E-state index contributed by atoms with van der Waals surface area (Å²) in [7, 11) is 2.12. The Balaban J connectivity index is 2.11. The number of nitrogens with zero attached hydrogens (tertiary/aromatic N) is 1. The van der Waals surface area contributed by atoms with Gasteiger partial charge in [-0.1, -0.05) is 20.8 Å². The van der Waals surface area contributed by atoms with Gasteiger partial charge >= 0.3 is 5.97 Å². The number of nitrogens with one attached hydrogen (secondary N) is 1. The Labute approximate surface area is 129 Å². The average molecular weight is 296 g/mol. The SMILES string of the molecule is CCOC(=O)C(CN(C)CC(C)(C)C)(NC1CC1)C1CC1. The molecule has 122 valence electrons. The number of hydrogen-bond acceptors (Lipinski definition) is 4. The smallest absolute Gasteiger partial charge is 0.327 e. The van der Waals surface area contributed by atoms with Crippen LogP contribution in [0.4, 0.5) is 0 Å². The summed E-state index contributed by atoms with van der Waals surface area (Å²) in [5.41, 5.74) is -0.255. The van der Waals surface area contributed by atoms with Crippen molar-refractivity contribution in [3.8, 4) is 0 Å². The lowest BCUT2D eigenvalue weighted by Crippen LogP contribution is -2.62. The number of likely N-dealkylation sites (N-methyl/N-ethyl adjacent to an activating group) is 1. The van der Waals surface area contributed by atoms with Crippen molar-refractivity contribution in [3.63, 3.8) is 0 Å². The van der Waals surface area contributed by atoms with E-state index in [-0.39, 0.29) is 11.4 Å². The molecular weight excluding hydrogens is 264 g/mol. The van der Waals surface area contributed by atoms with Crippen molar-refractivity contribution in [1.29, 1.82) is 0 Å². The van der Waals surface area contributed by atoms with Gasteiger partial charge < -0.3 is 9.64 Å². The Kier molecular flexibility index (Phi) is 4.99. The highest BCUT2D eigenvalue weighted by molar-refractivity contribution is 5.82. The molecule has 0 heterocycles. The van der Waals surface area contributed by atoms with Crippen LogP contribution in [0, 0.1) is 11.3 Å². The van der Waals surface area contributed by atoms with Crippen LogP contribution in [-0.4, -0.2) is 49.2 Å². The van der Waals surface area contributed by atoms with E-state index in [1.165, 1.54) is 12.8 Å². The molecule has 2 saturated carbocycles. The first-order valence-corrected chi connectivity index (χ1v) is 8.40. The summed E-state index contributed by atoms with van der Waals surface area (Å²) in [5, 5.41) is 3.65. The minimum Gasteiger partial charge on any atom is -0.465 e. The molecule has 2 aliphatic rings. The normalized spacial score (nSPS) is 22.2. The Morgan fingerprint density at radius 2 is 1.81 bits per heavy atom. The van der Waals surface area contributed by atoms with E-state index in [0.29, 0.717) is 18.6 Å². The average Bonchev–Trinajstić information content (AvgIpc) is 3.20. The molecule has 0 aromatic heterocycles. The third-order valence-electron chi connectivity index (χ3n) is 4.22. The molecule has 0 bridgehead atoms. The third kappa shape index (κ3) is 4.68. The zero-order valence-corrected chi connectivity index (χ0v) is 14.4. The summed E-state index contributed by atoms with van der Waals surface area (Å²) < 4.78 is 5.44. The quantitative estimate of drug-likeness (QED) is 0.699. The Hall–Kier alpha value is -0.610. The lowest BCUT2D eigenvalue weighted by molar-refractivity contribution is -0.153. The van der Waals surface area contributed by atoms with Crippen LogP contribution in [0.1, 0.15) is 53.4 Å². The first-order chi connectivity index (χ1) is 9.77. The molecule has 0 aromatic rings. The molecule has 4 heteroatoms. The summed E-state index contributed by atoms with van der Waals surface area (Å²) in [6.07, 6.45) is 4.66. The molecule has 4 nitrogen and oxygen atoms in total. The van der Waals surface area contributed by atoms with Crippen LogP contribution in [0.15, 0.2) is 0 Å². The topological polar surface area (TPSA) is 41.6 Å². The lowest BCUT2D eigenvalue weighted by Gasteiger charge is -2.38. The second kappa shape index (κ2) is 6.25. The molecule has 21 heavy (non-hydrogen) atoms. The number of rotatable bonds is 8. The van der Waals surface area contributed by atoms with Crippen LogP contribution in [0.5, 0.6) is 0 Å². The Morgan fingerprint density at radius 1 is 1.19 bits per heavy atom. The van der Waals surface area contributed by atoms with Gasteiger partial charge in [0, 0.05) is 19.1 Å². The molecule has 0 amide bonds.